The number of fused-ring (bicyclic) bond motifs is 2. The van der Waals surface area contributed by atoms with Crippen LogP contribution in [-0.2, 0) is 10.3 Å². The van der Waals surface area contributed by atoms with E-state index in [-0.39, 0.29) is 18.0 Å². The molecule has 1 amide bonds. The van der Waals surface area contributed by atoms with Gasteiger partial charge in [-0.15, -0.1) is 12.4 Å². The third-order valence-corrected chi connectivity index (χ3v) is 7.68. The quantitative estimate of drug-likeness (QED) is 0.875. The average molecular weight is 378 g/mol. The van der Waals surface area contributed by atoms with Crippen LogP contribution >= 0.6 is 12.4 Å². The van der Waals surface area contributed by atoms with Crippen molar-refractivity contribution in [2.75, 3.05) is 20.2 Å². The van der Waals surface area contributed by atoms with E-state index < -0.39 is 5.91 Å². The lowest BCUT2D eigenvalue weighted by molar-refractivity contribution is -0.226. The molecule has 1 saturated heterocycles. The predicted molar refractivity (Wildman–Crippen MR) is 101 cm³/mol. The van der Waals surface area contributed by atoms with Crippen molar-refractivity contribution in [1.29, 1.82) is 0 Å². The maximum atomic E-state index is 11.6. The van der Waals surface area contributed by atoms with Crippen molar-refractivity contribution in [1.82, 2.24) is 9.88 Å². The fraction of sp³-hybridized carbons (Fsp3) is 0.700. The second kappa shape index (κ2) is 6.18. The van der Waals surface area contributed by atoms with E-state index in [9.17, 15) is 4.79 Å². The Bertz CT molecular complexity index is 694. The van der Waals surface area contributed by atoms with Gasteiger partial charge in [0.1, 0.15) is 11.3 Å². The summed E-state index contributed by atoms with van der Waals surface area (Å²) in [6.07, 6.45) is 9.59. The molecule has 0 aromatic carbocycles. The summed E-state index contributed by atoms with van der Waals surface area (Å²) in [4.78, 5) is 18.5. The second-order valence-electron chi connectivity index (χ2n) is 8.72. The Hall–Kier alpha value is -1.17. The zero-order valence-electron chi connectivity index (χ0n) is 15.3. The van der Waals surface area contributed by atoms with Crippen LogP contribution in [0.3, 0.4) is 0 Å². The van der Waals surface area contributed by atoms with Crippen LogP contribution in [0.15, 0.2) is 18.3 Å². The van der Waals surface area contributed by atoms with Gasteiger partial charge in [0, 0.05) is 43.8 Å². The Morgan fingerprint density at radius 3 is 2.42 bits per heavy atom. The molecule has 6 heteroatoms. The second-order valence-corrected chi connectivity index (χ2v) is 8.72. The van der Waals surface area contributed by atoms with Gasteiger partial charge in [-0.3, -0.25) is 14.7 Å². The van der Waals surface area contributed by atoms with Gasteiger partial charge in [-0.25, -0.2) is 0 Å². The van der Waals surface area contributed by atoms with Crippen LogP contribution in [0.25, 0.3) is 0 Å². The minimum absolute atomic E-state index is 0. The van der Waals surface area contributed by atoms with Gasteiger partial charge in [0.25, 0.3) is 5.91 Å². The molecular formula is C20H28ClN3O2. The summed E-state index contributed by atoms with van der Waals surface area (Å²) in [5.74, 6) is 1.49. The first kappa shape index (κ1) is 18.2. The van der Waals surface area contributed by atoms with Gasteiger partial charge in [0.15, 0.2) is 0 Å². The molecule has 2 heterocycles. The van der Waals surface area contributed by atoms with Gasteiger partial charge in [0.2, 0.25) is 0 Å². The van der Waals surface area contributed by atoms with Crippen molar-refractivity contribution in [2.45, 2.75) is 49.7 Å². The van der Waals surface area contributed by atoms with Gasteiger partial charge < -0.3 is 10.5 Å². The van der Waals surface area contributed by atoms with Crippen LogP contribution in [-0.4, -0.2) is 41.5 Å². The molecule has 5 aliphatic rings. The fourth-order valence-electron chi connectivity index (χ4n) is 6.37. The first-order valence-corrected chi connectivity index (χ1v) is 9.64. The monoisotopic (exact) mass is 377 g/mol. The molecule has 142 valence electrons. The third-order valence-electron chi connectivity index (χ3n) is 7.68. The number of nitrogens with two attached hydrogens (primary N) is 1. The van der Waals surface area contributed by atoms with Crippen molar-refractivity contribution >= 4 is 18.3 Å². The number of likely N-dealkylation sites (tertiary alicyclic amines) is 1. The van der Waals surface area contributed by atoms with E-state index in [1.807, 2.05) is 19.2 Å². The Balaban J connectivity index is 0.00000168. The van der Waals surface area contributed by atoms with E-state index in [0.29, 0.717) is 23.1 Å². The molecule has 2 N–H and O–H groups in total. The number of amides is 1. The average Bonchev–Trinajstić information content (AvgIpc) is 2.51. The highest BCUT2D eigenvalue weighted by Gasteiger charge is 2.63. The number of halogens is 1. The molecule has 4 bridgehead atoms. The summed E-state index contributed by atoms with van der Waals surface area (Å²) < 4.78 is 6.29. The lowest BCUT2D eigenvalue weighted by atomic mass is 9.48. The lowest BCUT2D eigenvalue weighted by Gasteiger charge is -2.70. The number of nitrogens with zero attached hydrogens (tertiary/aromatic N) is 2. The topological polar surface area (TPSA) is 68.5 Å². The fourth-order valence-corrected chi connectivity index (χ4v) is 6.37. The number of rotatable bonds is 4. The van der Waals surface area contributed by atoms with E-state index in [1.165, 1.54) is 38.5 Å². The molecule has 4 saturated carbocycles. The number of pyridine rings is 1. The largest absolute Gasteiger partial charge is 0.373 e. The van der Waals surface area contributed by atoms with E-state index in [0.717, 1.165) is 24.6 Å². The number of aromatic nitrogens is 1. The summed E-state index contributed by atoms with van der Waals surface area (Å²) in [5.41, 5.74) is 7.13. The van der Waals surface area contributed by atoms with Gasteiger partial charge >= 0.3 is 0 Å². The number of methoxy groups -OCH3 is 1. The van der Waals surface area contributed by atoms with Crippen molar-refractivity contribution < 1.29 is 9.53 Å². The Morgan fingerprint density at radius 2 is 1.92 bits per heavy atom. The smallest absolute Gasteiger partial charge is 0.267 e. The summed E-state index contributed by atoms with van der Waals surface area (Å²) >= 11 is 0. The predicted octanol–water partition coefficient (Wildman–Crippen LogP) is 2.73. The number of ether oxygens (including phenoxy) is 1. The van der Waals surface area contributed by atoms with Crippen molar-refractivity contribution in [2.24, 2.45) is 23.5 Å². The van der Waals surface area contributed by atoms with Gasteiger partial charge in [0.05, 0.1) is 0 Å². The van der Waals surface area contributed by atoms with E-state index >= 15 is 0 Å². The van der Waals surface area contributed by atoms with Crippen molar-refractivity contribution in [3.05, 3.63) is 29.6 Å². The van der Waals surface area contributed by atoms with E-state index in [4.69, 9.17) is 10.5 Å². The van der Waals surface area contributed by atoms with Crippen LogP contribution in [0, 0.1) is 17.8 Å². The molecule has 1 aliphatic heterocycles. The molecule has 1 aromatic heterocycles. The number of carbonyl (C=O) groups excluding carboxylic acids is 1. The number of primary amides is 1. The van der Waals surface area contributed by atoms with E-state index in [1.54, 1.807) is 6.20 Å². The maximum Gasteiger partial charge on any atom is 0.267 e. The molecule has 26 heavy (non-hydrogen) atoms. The van der Waals surface area contributed by atoms with Crippen LogP contribution in [0.2, 0.25) is 0 Å². The molecule has 1 unspecified atom stereocenters. The zero-order chi connectivity index (χ0) is 17.2. The van der Waals surface area contributed by atoms with Gasteiger partial charge in [-0.2, -0.15) is 0 Å². The Morgan fingerprint density at radius 1 is 1.27 bits per heavy atom. The summed E-state index contributed by atoms with van der Waals surface area (Å²) in [6, 6.07) is 3.89. The van der Waals surface area contributed by atoms with Crippen molar-refractivity contribution in [3.8, 4) is 0 Å². The standard InChI is InChI=1S/C20H27N3O2.ClH/c1-25-20(14-5-6-22-17(7-14)18(21)24)15-3-2-4-16(20)12-23(11-15)19-8-13(9-19)10-19;/h5-7,13,15-16H,2-4,8-12H2,1H3,(H2,21,24);1H/t13?,15-,16+,19?,20?;. The molecule has 6 rings (SSSR count). The lowest BCUT2D eigenvalue weighted by Crippen LogP contribution is -2.73. The Labute approximate surface area is 161 Å². The summed E-state index contributed by atoms with van der Waals surface area (Å²) in [7, 11) is 1.84. The third kappa shape index (κ3) is 2.30. The number of hydrogen-bond donors (Lipinski definition) is 1. The molecule has 0 radical (unpaired) electrons. The minimum Gasteiger partial charge on any atom is -0.373 e. The van der Waals surface area contributed by atoms with Gasteiger partial charge in [-0.05, 0) is 55.7 Å². The van der Waals surface area contributed by atoms with Crippen LogP contribution in [0.4, 0.5) is 0 Å². The molecule has 5 fully saturated rings. The molecule has 4 aliphatic carbocycles. The SMILES string of the molecule is COC1(c2ccnc(C(N)=O)c2)[C@@H]2CCC[C@H]1CN(C13CC(C1)C3)C2.Cl. The minimum atomic E-state index is -0.468. The molecule has 0 spiro atoms. The molecular weight excluding hydrogens is 350 g/mol. The molecule has 5 nitrogen and oxygen atoms in total. The van der Waals surface area contributed by atoms with Gasteiger partial charge in [-0.1, -0.05) is 6.42 Å². The van der Waals surface area contributed by atoms with E-state index in [2.05, 4.69) is 9.88 Å². The first-order chi connectivity index (χ1) is 12.1. The maximum absolute atomic E-state index is 11.6. The van der Waals surface area contributed by atoms with Crippen LogP contribution < -0.4 is 5.73 Å². The number of piperidine rings is 1. The highest BCUT2D eigenvalue weighted by atomic mass is 35.5. The van der Waals surface area contributed by atoms with Crippen LogP contribution in [0.5, 0.6) is 0 Å². The van der Waals surface area contributed by atoms with Crippen LogP contribution in [0.1, 0.15) is 54.6 Å². The number of hydrogen-bond acceptors (Lipinski definition) is 4. The molecule has 3 atom stereocenters. The highest BCUT2D eigenvalue weighted by Crippen LogP contribution is 2.63. The summed E-state index contributed by atoms with van der Waals surface area (Å²) in [5, 5.41) is 0. The normalized spacial score (nSPS) is 40.7. The first-order valence-electron chi connectivity index (χ1n) is 9.64. The Kier molecular flexibility index (Phi) is 4.33. The summed E-state index contributed by atoms with van der Waals surface area (Å²) in [6.45, 7) is 2.23. The number of carbonyl (C=O) groups is 1. The van der Waals surface area contributed by atoms with Crippen molar-refractivity contribution in [3.63, 3.8) is 0 Å². The molecule has 1 aromatic rings. The highest BCUT2D eigenvalue weighted by molar-refractivity contribution is 5.90. The zero-order valence-corrected chi connectivity index (χ0v) is 16.1.